The van der Waals surface area contributed by atoms with Crippen molar-refractivity contribution in [2.45, 2.75) is 174 Å². The molecule has 0 radical (unpaired) electrons. The zero-order chi connectivity index (χ0) is 38.8. The Morgan fingerprint density at radius 3 is 1.93 bits per heavy atom. The van der Waals surface area contributed by atoms with Crippen LogP contribution >= 0.6 is 0 Å². The van der Waals surface area contributed by atoms with Gasteiger partial charge in [0.05, 0.1) is 55.4 Å². The number of carbonyl (C=O) groups is 1. The minimum Gasteiger partial charge on any atom is -0.460 e. The van der Waals surface area contributed by atoms with Crippen LogP contribution in [0.4, 0.5) is 0 Å². The zero-order valence-corrected chi connectivity index (χ0v) is 30.0. The Hall–Kier alpha value is -1.43. The fraction of sp³-hybridized carbons (Fsp3) is 0.917. The highest BCUT2D eigenvalue weighted by molar-refractivity contribution is 5.81. The van der Waals surface area contributed by atoms with Crippen LogP contribution < -0.4 is 0 Å². The molecule has 0 amide bonds. The minimum absolute atomic E-state index is 0.111. The van der Waals surface area contributed by atoms with Gasteiger partial charge in [0.15, 0.2) is 12.6 Å². The van der Waals surface area contributed by atoms with Gasteiger partial charge in [-0.05, 0) is 76.0 Å². The Kier molecular flexibility index (Phi) is 14.4. The van der Waals surface area contributed by atoms with Crippen molar-refractivity contribution in [3.05, 3.63) is 12.2 Å². The van der Waals surface area contributed by atoms with E-state index in [4.69, 9.17) is 28.4 Å². The predicted molar refractivity (Wildman–Crippen MR) is 180 cm³/mol. The summed E-state index contributed by atoms with van der Waals surface area (Å²) in [5.74, 6) is -1.35. The maximum Gasteiger partial charge on any atom is 0.330 e. The van der Waals surface area contributed by atoms with Gasteiger partial charge in [0, 0.05) is 12.0 Å². The van der Waals surface area contributed by atoms with E-state index >= 15 is 0 Å². The van der Waals surface area contributed by atoms with Crippen LogP contribution in [0.15, 0.2) is 12.2 Å². The standard InChI is InChI=1S/C36H58O18/c37-17-5-1-15(2-6-17)3-8-27(42)49-13-25-28(43)30(45)32(47)35(53-25)50-14-26-29(44)31(46)33(48)36(54-26)52-24-12-19-21(40)10-18(38)11-23(19)51-34(24)16-4-7-20(39)22(41)9-16/h3,8,15-26,28-41,43-48H,1-2,4-7,9-14H2. The van der Waals surface area contributed by atoms with Gasteiger partial charge in [-0.15, -0.1) is 0 Å². The molecule has 3 aliphatic heterocycles. The largest absolute Gasteiger partial charge is 0.460 e. The molecule has 3 heterocycles. The number of esters is 1. The molecule has 18 nitrogen and oxygen atoms in total. The lowest BCUT2D eigenvalue weighted by Crippen LogP contribution is -2.63. The molecule has 19 atom stereocenters. The molecule has 0 bridgehead atoms. The highest BCUT2D eigenvalue weighted by Crippen LogP contribution is 2.43. The van der Waals surface area contributed by atoms with Crippen LogP contribution in [0.2, 0.25) is 0 Å². The van der Waals surface area contributed by atoms with Crippen molar-refractivity contribution in [1.82, 2.24) is 0 Å². The van der Waals surface area contributed by atoms with Gasteiger partial charge in [0.2, 0.25) is 0 Å². The highest BCUT2D eigenvalue weighted by atomic mass is 16.7. The van der Waals surface area contributed by atoms with Crippen LogP contribution in [0.1, 0.15) is 64.2 Å². The second-order valence-electron chi connectivity index (χ2n) is 16.0. The maximum absolute atomic E-state index is 12.4. The number of hydrogen-bond acceptors (Lipinski definition) is 18. The first-order valence-corrected chi connectivity index (χ1v) is 19.3. The van der Waals surface area contributed by atoms with Crippen molar-refractivity contribution in [3.63, 3.8) is 0 Å². The molecule has 0 aromatic carbocycles. The van der Waals surface area contributed by atoms with Crippen molar-refractivity contribution in [2.75, 3.05) is 13.2 Å². The normalized spacial score (nSPS) is 50.4. The molecule has 6 rings (SSSR count). The first kappa shape index (κ1) is 42.2. The fourth-order valence-corrected chi connectivity index (χ4v) is 8.85. The molecule has 0 spiro atoms. The summed E-state index contributed by atoms with van der Waals surface area (Å²) in [6.45, 7) is -1.07. The molecule has 11 N–H and O–H groups in total. The van der Waals surface area contributed by atoms with Gasteiger partial charge in [-0.2, -0.15) is 0 Å². The van der Waals surface area contributed by atoms with Crippen LogP contribution in [0, 0.1) is 17.8 Å². The van der Waals surface area contributed by atoms with Gasteiger partial charge >= 0.3 is 5.97 Å². The average Bonchev–Trinajstić information content (AvgIpc) is 3.14. The average molecular weight is 779 g/mol. The third kappa shape index (κ3) is 9.81. The summed E-state index contributed by atoms with van der Waals surface area (Å²) in [6.07, 6.45) is -15.1. The second-order valence-corrected chi connectivity index (χ2v) is 16.0. The van der Waals surface area contributed by atoms with E-state index in [2.05, 4.69) is 0 Å². The molecule has 6 fully saturated rings. The van der Waals surface area contributed by atoms with Gasteiger partial charge in [-0.25, -0.2) is 4.79 Å². The SMILES string of the molecule is O=C(C=CC1CCC(O)CC1)OCC1OC(OCC2OC(OC3CC4C(O)CC(O)CC4OC3C3CCC(O)C(O)C3)C(O)C(O)C2O)C(O)C(O)C1O. The van der Waals surface area contributed by atoms with Crippen molar-refractivity contribution < 1.29 is 89.4 Å². The topological polar surface area (TPSA) is 295 Å². The van der Waals surface area contributed by atoms with Crippen molar-refractivity contribution in [2.24, 2.45) is 17.8 Å². The van der Waals surface area contributed by atoms with Gasteiger partial charge in [-0.3, -0.25) is 0 Å². The number of aliphatic hydroxyl groups excluding tert-OH is 11. The smallest absolute Gasteiger partial charge is 0.330 e. The van der Waals surface area contributed by atoms with Crippen LogP contribution in [-0.2, 0) is 33.2 Å². The van der Waals surface area contributed by atoms with E-state index in [1.807, 2.05) is 0 Å². The molecule has 18 heteroatoms. The third-order valence-electron chi connectivity index (χ3n) is 12.2. The third-order valence-corrected chi connectivity index (χ3v) is 12.2. The number of allylic oxidation sites excluding steroid dienone is 1. The highest BCUT2D eigenvalue weighted by Gasteiger charge is 2.52. The molecule has 6 aliphatic rings. The van der Waals surface area contributed by atoms with E-state index in [-0.39, 0.29) is 43.6 Å². The number of aliphatic hydroxyl groups is 11. The molecule has 0 aromatic rings. The molecule has 19 unspecified atom stereocenters. The van der Waals surface area contributed by atoms with Crippen LogP contribution in [0.3, 0.4) is 0 Å². The van der Waals surface area contributed by atoms with E-state index in [0.29, 0.717) is 25.7 Å². The van der Waals surface area contributed by atoms with Gasteiger partial charge < -0.3 is 84.6 Å². The first-order valence-electron chi connectivity index (χ1n) is 19.3. The summed E-state index contributed by atoms with van der Waals surface area (Å²) in [6, 6.07) is 0. The van der Waals surface area contributed by atoms with Crippen molar-refractivity contribution in [1.29, 1.82) is 0 Å². The summed E-state index contributed by atoms with van der Waals surface area (Å²) < 4.78 is 35.1. The van der Waals surface area contributed by atoms with Crippen LogP contribution in [0.5, 0.6) is 0 Å². The van der Waals surface area contributed by atoms with E-state index in [9.17, 15) is 61.0 Å². The summed E-state index contributed by atoms with van der Waals surface area (Å²) in [5, 5.41) is 116. The van der Waals surface area contributed by atoms with E-state index in [1.165, 1.54) is 6.08 Å². The molecule has 54 heavy (non-hydrogen) atoms. The quantitative estimate of drug-likeness (QED) is 0.0756. The molecule has 3 aliphatic carbocycles. The lowest BCUT2D eigenvalue weighted by Gasteiger charge is -2.51. The van der Waals surface area contributed by atoms with Crippen molar-refractivity contribution >= 4 is 5.97 Å². The number of fused-ring (bicyclic) bond motifs is 1. The summed E-state index contributed by atoms with van der Waals surface area (Å²) in [5.41, 5.74) is 0. The molecule has 3 saturated carbocycles. The summed E-state index contributed by atoms with van der Waals surface area (Å²) in [4.78, 5) is 12.4. The predicted octanol–water partition coefficient (Wildman–Crippen LogP) is -3.53. The van der Waals surface area contributed by atoms with Crippen molar-refractivity contribution in [3.8, 4) is 0 Å². The number of ether oxygens (including phenoxy) is 6. The molecular formula is C36H58O18. The Morgan fingerprint density at radius 1 is 0.593 bits per heavy atom. The summed E-state index contributed by atoms with van der Waals surface area (Å²) in [7, 11) is 0. The van der Waals surface area contributed by atoms with E-state index < -0.39 is 129 Å². The molecule has 310 valence electrons. The summed E-state index contributed by atoms with van der Waals surface area (Å²) >= 11 is 0. The Labute approximate surface area is 312 Å². The Balaban J connectivity index is 1.07. The van der Waals surface area contributed by atoms with E-state index in [0.717, 1.165) is 12.8 Å². The Morgan fingerprint density at radius 2 is 1.24 bits per heavy atom. The van der Waals surface area contributed by atoms with Crippen LogP contribution in [0.25, 0.3) is 0 Å². The second kappa shape index (κ2) is 18.4. The van der Waals surface area contributed by atoms with Gasteiger partial charge in [-0.1, -0.05) is 6.08 Å². The monoisotopic (exact) mass is 778 g/mol. The van der Waals surface area contributed by atoms with Gasteiger partial charge in [0.1, 0.15) is 55.4 Å². The number of carbonyl (C=O) groups excluding carboxylic acids is 1. The Bertz CT molecular complexity index is 1230. The number of hydrogen-bond donors (Lipinski definition) is 11. The fourth-order valence-electron chi connectivity index (χ4n) is 8.85. The lowest BCUT2D eigenvalue weighted by atomic mass is 9.72. The van der Waals surface area contributed by atoms with Crippen LogP contribution in [-0.4, -0.2) is 186 Å². The maximum atomic E-state index is 12.4. The zero-order valence-electron chi connectivity index (χ0n) is 30.0. The van der Waals surface area contributed by atoms with E-state index in [1.54, 1.807) is 6.08 Å². The lowest BCUT2D eigenvalue weighted by molar-refractivity contribution is -0.347. The molecular weight excluding hydrogens is 720 g/mol. The first-order chi connectivity index (χ1) is 25.7. The minimum atomic E-state index is -1.79. The van der Waals surface area contributed by atoms with Gasteiger partial charge in [0.25, 0.3) is 0 Å². The number of rotatable bonds is 10. The molecule has 3 saturated heterocycles. The molecule has 0 aromatic heterocycles.